The van der Waals surface area contributed by atoms with Gasteiger partial charge in [0.1, 0.15) is 5.82 Å². The van der Waals surface area contributed by atoms with Crippen LogP contribution in [-0.2, 0) is 5.41 Å². The minimum absolute atomic E-state index is 0.0678. The summed E-state index contributed by atoms with van der Waals surface area (Å²) >= 11 is 0. The van der Waals surface area contributed by atoms with E-state index in [1.807, 2.05) is 18.2 Å². The second-order valence-electron chi connectivity index (χ2n) is 4.58. The van der Waals surface area contributed by atoms with Gasteiger partial charge in [-0.05, 0) is 18.4 Å². The van der Waals surface area contributed by atoms with Gasteiger partial charge in [-0.25, -0.2) is 4.98 Å². The molecule has 1 aliphatic rings. The molecule has 2 aromatic rings. The third-order valence-electron chi connectivity index (χ3n) is 3.66. The fraction of sp³-hybridized carbons (Fsp3) is 0.286. The van der Waals surface area contributed by atoms with Crippen molar-refractivity contribution in [1.29, 1.82) is 0 Å². The van der Waals surface area contributed by atoms with Crippen LogP contribution >= 0.6 is 0 Å². The fourth-order valence-corrected chi connectivity index (χ4v) is 2.56. The molecule has 0 unspecified atom stereocenters. The first kappa shape index (κ1) is 10.3. The maximum absolute atomic E-state index is 11.4. The number of aromatic nitrogens is 2. The average molecular weight is 226 g/mol. The lowest BCUT2D eigenvalue weighted by Gasteiger charge is -2.41. The third-order valence-corrected chi connectivity index (χ3v) is 3.66. The molecule has 1 aliphatic carbocycles. The minimum Gasteiger partial charge on any atom is -0.310 e. The van der Waals surface area contributed by atoms with Crippen LogP contribution in [0.1, 0.15) is 30.7 Å². The number of hydrogen-bond donors (Lipinski definition) is 1. The summed E-state index contributed by atoms with van der Waals surface area (Å²) in [5.74, 6) is 0.808. The van der Waals surface area contributed by atoms with E-state index in [-0.39, 0.29) is 11.0 Å². The predicted octanol–water partition coefficient (Wildman–Crippen LogP) is 2.24. The van der Waals surface area contributed by atoms with Gasteiger partial charge >= 0.3 is 0 Å². The minimum atomic E-state index is -0.0720. The number of aromatic amines is 1. The molecule has 1 heterocycles. The Balaban J connectivity index is 2.12. The van der Waals surface area contributed by atoms with Gasteiger partial charge in [-0.3, -0.25) is 4.79 Å². The van der Waals surface area contributed by atoms with E-state index in [0.29, 0.717) is 0 Å². The number of nitrogens with one attached hydrogen (secondary N) is 1. The topological polar surface area (TPSA) is 45.8 Å². The normalized spacial score (nSPS) is 17.4. The Labute approximate surface area is 99.5 Å². The van der Waals surface area contributed by atoms with Gasteiger partial charge in [0.25, 0.3) is 5.56 Å². The molecule has 0 saturated heterocycles. The van der Waals surface area contributed by atoms with Crippen molar-refractivity contribution < 1.29 is 0 Å². The zero-order valence-corrected chi connectivity index (χ0v) is 9.52. The predicted molar refractivity (Wildman–Crippen MR) is 65.9 cm³/mol. The zero-order chi connectivity index (χ0) is 11.7. The molecule has 0 spiro atoms. The van der Waals surface area contributed by atoms with Crippen molar-refractivity contribution in [2.45, 2.75) is 24.7 Å². The van der Waals surface area contributed by atoms with Crippen molar-refractivity contribution in [2.24, 2.45) is 0 Å². The van der Waals surface area contributed by atoms with Crippen LogP contribution in [0.25, 0.3) is 0 Å². The summed E-state index contributed by atoms with van der Waals surface area (Å²) in [6, 6.07) is 11.8. The Morgan fingerprint density at radius 3 is 2.47 bits per heavy atom. The fourth-order valence-electron chi connectivity index (χ4n) is 2.56. The van der Waals surface area contributed by atoms with Crippen LogP contribution in [0.2, 0.25) is 0 Å². The first-order valence-electron chi connectivity index (χ1n) is 5.93. The van der Waals surface area contributed by atoms with Gasteiger partial charge < -0.3 is 4.98 Å². The van der Waals surface area contributed by atoms with Gasteiger partial charge in [-0.15, -0.1) is 0 Å². The number of hydrogen-bond acceptors (Lipinski definition) is 2. The molecular formula is C14H14N2O. The summed E-state index contributed by atoms with van der Waals surface area (Å²) in [6.07, 6.45) is 4.90. The van der Waals surface area contributed by atoms with E-state index in [4.69, 9.17) is 0 Å². The second-order valence-corrected chi connectivity index (χ2v) is 4.58. The molecule has 0 radical (unpaired) electrons. The molecule has 0 atom stereocenters. The highest BCUT2D eigenvalue weighted by Crippen LogP contribution is 2.47. The van der Waals surface area contributed by atoms with E-state index in [1.54, 1.807) is 6.20 Å². The Kier molecular flexibility index (Phi) is 2.32. The van der Waals surface area contributed by atoms with Gasteiger partial charge in [-0.2, -0.15) is 0 Å². The first-order chi connectivity index (χ1) is 8.31. The van der Waals surface area contributed by atoms with E-state index < -0.39 is 0 Å². The third kappa shape index (κ3) is 1.58. The lowest BCUT2D eigenvalue weighted by Crippen LogP contribution is -2.38. The number of H-pyrrole nitrogens is 1. The van der Waals surface area contributed by atoms with Crippen LogP contribution in [0.3, 0.4) is 0 Å². The van der Waals surface area contributed by atoms with Gasteiger partial charge in [0, 0.05) is 12.3 Å². The molecule has 1 fully saturated rings. The number of nitrogens with zero attached hydrogens (tertiary/aromatic N) is 1. The molecule has 0 bridgehead atoms. The van der Waals surface area contributed by atoms with E-state index >= 15 is 0 Å². The van der Waals surface area contributed by atoms with Gasteiger partial charge in [0.05, 0.1) is 5.41 Å². The monoisotopic (exact) mass is 226 g/mol. The maximum Gasteiger partial charge on any atom is 0.250 e. The smallest absolute Gasteiger partial charge is 0.250 e. The summed E-state index contributed by atoms with van der Waals surface area (Å²) < 4.78 is 0. The highest BCUT2D eigenvalue weighted by atomic mass is 16.1. The van der Waals surface area contributed by atoms with Crippen LogP contribution < -0.4 is 5.56 Å². The van der Waals surface area contributed by atoms with Crippen molar-refractivity contribution in [3.8, 4) is 0 Å². The molecular weight excluding hydrogens is 212 g/mol. The van der Waals surface area contributed by atoms with Gasteiger partial charge in [-0.1, -0.05) is 36.8 Å². The standard InChI is InChI=1S/C14H14N2O/c17-12-7-10-15-13(16-12)14(8-4-9-14)11-5-2-1-3-6-11/h1-3,5-7,10H,4,8-9H2,(H,15,16,17). The van der Waals surface area contributed by atoms with Gasteiger partial charge in [0.15, 0.2) is 0 Å². The van der Waals surface area contributed by atoms with E-state index in [9.17, 15) is 4.79 Å². The summed E-state index contributed by atoms with van der Waals surface area (Å²) in [7, 11) is 0. The first-order valence-corrected chi connectivity index (χ1v) is 5.93. The summed E-state index contributed by atoms with van der Waals surface area (Å²) in [4.78, 5) is 18.6. The van der Waals surface area contributed by atoms with E-state index in [2.05, 4.69) is 22.1 Å². The Morgan fingerprint density at radius 1 is 1.12 bits per heavy atom. The maximum atomic E-state index is 11.4. The highest BCUT2D eigenvalue weighted by Gasteiger charge is 2.42. The number of benzene rings is 1. The van der Waals surface area contributed by atoms with Crippen LogP contribution in [0.4, 0.5) is 0 Å². The van der Waals surface area contributed by atoms with Crippen LogP contribution in [0, 0.1) is 0 Å². The van der Waals surface area contributed by atoms with Crippen LogP contribution in [-0.4, -0.2) is 9.97 Å². The van der Waals surface area contributed by atoms with Crippen LogP contribution in [0.5, 0.6) is 0 Å². The summed E-state index contributed by atoms with van der Waals surface area (Å²) in [5.41, 5.74) is 1.11. The molecule has 1 aromatic heterocycles. The molecule has 1 aromatic carbocycles. The molecule has 3 heteroatoms. The molecule has 86 valence electrons. The average Bonchev–Trinajstić information content (AvgIpc) is 2.29. The molecule has 0 aliphatic heterocycles. The van der Waals surface area contributed by atoms with Crippen molar-refractivity contribution in [3.05, 3.63) is 64.3 Å². The van der Waals surface area contributed by atoms with Crippen molar-refractivity contribution in [1.82, 2.24) is 9.97 Å². The van der Waals surface area contributed by atoms with E-state index in [1.165, 1.54) is 18.1 Å². The molecule has 3 nitrogen and oxygen atoms in total. The zero-order valence-electron chi connectivity index (χ0n) is 9.52. The second kappa shape index (κ2) is 3.84. The SMILES string of the molecule is O=c1ccnc(C2(c3ccccc3)CCC2)[nH]1. The summed E-state index contributed by atoms with van der Waals surface area (Å²) in [6.45, 7) is 0. The molecule has 1 N–H and O–H groups in total. The largest absolute Gasteiger partial charge is 0.310 e. The highest BCUT2D eigenvalue weighted by molar-refractivity contribution is 5.35. The number of rotatable bonds is 2. The van der Waals surface area contributed by atoms with Crippen molar-refractivity contribution in [3.63, 3.8) is 0 Å². The lowest BCUT2D eigenvalue weighted by molar-refractivity contribution is 0.284. The Morgan fingerprint density at radius 2 is 1.88 bits per heavy atom. The van der Waals surface area contributed by atoms with Gasteiger partial charge in [0.2, 0.25) is 0 Å². The quantitative estimate of drug-likeness (QED) is 0.853. The van der Waals surface area contributed by atoms with Crippen molar-refractivity contribution in [2.75, 3.05) is 0 Å². The van der Waals surface area contributed by atoms with E-state index in [0.717, 1.165) is 18.7 Å². The molecule has 3 rings (SSSR count). The lowest BCUT2D eigenvalue weighted by atomic mass is 9.64. The molecule has 0 amide bonds. The van der Waals surface area contributed by atoms with Crippen LogP contribution in [0.15, 0.2) is 47.4 Å². The molecule has 17 heavy (non-hydrogen) atoms. The Hall–Kier alpha value is -1.90. The molecule has 1 saturated carbocycles. The van der Waals surface area contributed by atoms with Crippen molar-refractivity contribution >= 4 is 0 Å². The Bertz CT molecular complexity index is 570. The summed E-state index contributed by atoms with van der Waals surface area (Å²) in [5, 5.41) is 0.